The first kappa shape index (κ1) is 27.9. The number of fused-ring (bicyclic) bond motifs is 1. The molecule has 6 rings (SSSR count). The van der Waals surface area contributed by atoms with Crippen LogP contribution in [0.25, 0.3) is 11.4 Å². The van der Waals surface area contributed by atoms with Crippen LogP contribution in [0.4, 0.5) is 24.5 Å². The lowest BCUT2D eigenvalue weighted by Gasteiger charge is -2.36. The number of nitrogens with one attached hydrogen (secondary N) is 1. The van der Waals surface area contributed by atoms with Crippen molar-refractivity contribution in [3.05, 3.63) is 57.8 Å². The molecule has 11 nitrogen and oxygen atoms in total. The number of ether oxygens (including phenoxy) is 1. The zero-order valence-electron chi connectivity index (χ0n) is 23.0. The monoisotopic (exact) mass is 585 g/mol. The summed E-state index contributed by atoms with van der Waals surface area (Å²) in [4.78, 5) is 47.7. The number of rotatable bonds is 6. The number of aromatic nitrogens is 4. The van der Waals surface area contributed by atoms with E-state index in [0.29, 0.717) is 63.0 Å². The van der Waals surface area contributed by atoms with Crippen molar-refractivity contribution in [2.24, 2.45) is 0 Å². The number of hydrogen-bond donors (Lipinski definition) is 1. The number of nitrogens with zero attached hydrogens (tertiary/aromatic N) is 6. The molecule has 0 spiro atoms. The largest absolute Gasteiger partial charge is 0.416 e. The fraction of sp³-hybridized carbons (Fsp3) is 0.464. The van der Waals surface area contributed by atoms with E-state index in [4.69, 9.17) is 9.72 Å². The zero-order valence-corrected chi connectivity index (χ0v) is 23.0. The first-order valence-electron chi connectivity index (χ1n) is 13.9. The molecule has 0 unspecified atom stereocenters. The van der Waals surface area contributed by atoms with Crippen LogP contribution in [0.2, 0.25) is 0 Å². The van der Waals surface area contributed by atoms with Gasteiger partial charge in [0.1, 0.15) is 12.2 Å². The lowest BCUT2D eigenvalue weighted by molar-refractivity contribution is -0.137. The highest BCUT2D eigenvalue weighted by Crippen LogP contribution is 2.44. The molecule has 2 amide bonds. The van der Waals surface area contributed by atoms with Gasteiger partial charge in [0.2, 0.25) is 17.6 Å². The molecule has 2 fully saturated rings. The minimum Gasteiger partial charge on any atom is -0.377 e. The summed E-state index contributed by atoms with van der Waals surface area (Å²) in [6, 6.07) is 4.23. The molecule has 0 bridgehead atoms. The number of hydrogen-bond acceptors (Lipinski definition) is 7. The molecule has 0 atom stereocenters. The third-order valence-corrected chi connectivity index (χ3v) is 7.81. The van der Waals surface area contributed by atoms with Crippen LogP contribution < -0.4 is 15.8 Å². The second-order valence-corrected chi connectivity index (χ2v) is 10.7. The van der Waals surface area contributed by atoms with Crippen LogP contribution in [0.5, 0.6) is 0 Å². The lowest BCUT2D eigenvalue weighted by atomic mass is 10.1. The molecule has 42 heavy (non-hydrogen) atoms. The minimum atomic E-state index is -4.49. The van der Waals surface area contributed by atoms with Gasteiger partial charge in [-0.25, -0.2) is 0 Å². The molecular formula is C28H30F3N7O4. The molecule has 222 valence electrons. The molecule has 14 heteroatoms. The Morgan fingerprint density at radius 2 is 1.81 bits per heavy atom. The van der Waals surface area contributed by atoms with Gasteiger partial charge in [0.25, 0.3) is 5.56 Å². The van der Waals surface area contributed by atoms with Crippen LogP contribution in [-0.4, -0.2) is 75.3 Å². The molecule has 2 aliphatic heterocycles. The van der Waals surface area contributed by atoms with Gasteiger partial charge in [-0.3, -0.25) is 14.4 Å². The highest BCUT2D eigenvalue weighted by atomic mass is 19.4. The topological polar surface area (TPSA) is 114 Å². The maximum Gasteiger partial charge on any atom is 0.416 e. The van der Waals surface area contributed by atoms with Gasteiger partial charge in [0, 0.05) is 44.7 Å². The molecule has 1 aliphatic carbocycles. The van der Waals surface area contributed by atoms with Crippen LogP contribution in [-0.2, 0) is 27.0 Å². The van der Waals surface area contributed by atoms with E-state index in [9.17, 15) is 27.6 Å². The summed E-state index contributed by atoms with van der Waals surface area (Å²) in [6.07, 6.45) is -0.371. The molecule has 1 aromatic carbocycles. The Morgan fingerprint density at radius 3 is 2.40 bits per heavy atom. The van der Waals surface area contributed by atoms with Crippen LogP contribution in [0, 0.1) is 0 Å². The van der Waals surface area contributed by atoms with E-state index in [1.165, 1.54) is 23.6 Å². The summed E-state index contributed by atoms with van der Waals surface area (Å²) in [5.41, 5.74) is 1.03. The van der Waals surface area contributed by atoms with Crippen molar-refractivity contribution >= 4 is 34.5 Å². The Morgan fingerprint density at radius 1 is 1.10 bits per heavy atom. The first-order valence-corrected chi connectivity index (χ1v) is 13.9. The highest BCUT2D eigenvalue weighted by Gasteiger charge is 2.36. The molecule has 3 aromatic rings. The van der Waals surface area contributed by atoms with Gasteiger partial charge in [0.05, 0.1) is 24.5 Å². The summed E-state index contributed by atoms with van der Waals surface area (Å²) < 4.78 is 47.3. The van der Waals surface area contributed by atoms with Gasteiger partial charge >= 0.3 is 6.18 Å². The molecular weight excluding hydrogens is 555 g/mol. The molecule has 1 saturated carbocycles. The van der Waals surface area contributed by atoms with Crippen molar-refractivity contribution < 1.29 is 27.5 Å². The van der Waals surface area contributed by atoms with Crippen molar-refractivity contribution in [1.29, 1.82) is 0 Å². The standard InChI is InChI=1S/C28H30F3N7O4/c1-17(39)35-10-12-36(13-11-35)24-23(18-2-3-18)37(16-22(40)32-21-6-4-20(5-7-21)28(29,30)31)27-33-25(34-38(27)26(24)41)19-8-14-42-15-9-19/h4-8,18H,2-3,9-16H2,1H3,(H,32,40). The van der Waals surface area contributed by atoms with Gasteiger partial charge in [-0.05, 0) is 49.1 Å². The number of alkyl halides is 3. The van der Waals surface area contributed by atoms with Crippen LogP contribution in [0.1, 0.15) is 49.2 Å². The van der Waals surface area contributed by atoms with Gasteiger partial charge in [-0.15, -0.1) is 5.10 Å². The Kier molecular flexibility index (Phi) is 7.25. The number of anilines is 2. The Labute approximate surface area is 238 Å². The predicted octanol–water partition coefficient (Wildman–Crippen LogP) is 2.90. The van der Waals surface area contributed by atoms with Crippen molar-refractivity contribution in [3.8, 4) is 0 Å². The SMILES string of the molecule is CC(=O)N1CCN(c2c(C3CC3)n(CC(=O)Nc3ccc(C(F)(F)F)cc3)c3nc(C4=CCOCC4)nn3c2=O)CC1. The van der Waals surface area contributed by atoms with Crippen molar-refractivity contribution in [3.63, 3.8) is 0 Å². The lowest BCUT2D eigenvalue weighted by Crippen LogP contribution is -2.50. The quantitative estimate of drug-likeness (QED) is 0.473. The number of carbonyl (C=O) groups is 2. The van der Waals surface area contributed by atoms with E-state index in [2.05, 4.69) is 10.4 Å². The Bertz CT molecular complexity index is 1620. The minimum absolute atomic E-state index is 0.0319. The van der Waals surface area contributed by atoms with E-state index < -0.39 is 17.6 Å². The Hall–Kier alpha value is -4.20. The second-order valence-electron chi connectivity index (χ2n) is 10.7. The maximum absolute atomic E-state index is 14.0. The highest BCUT2D eigenvalue weighted by molar-refractivity contribution is 5.91. The summed E-state index contributed by atoms with van der Waals surface area (Å²) in [7, 11) is 0. The van der Waals surface area contributed by atoms with E-state index in [-0.39, 0.29) is 35.4 Å². The van der Waals surface area contributed by atoms with E-state index >= 15 is 0 Å². The number of halogens is 3. The summed E-state index contributed by atoms with van der Waals surface area (Å²) in [5, 5.41) is 7.23. The van der Waals surface area contributed by atoms with E-state index in [0.717, 1.165) is 30.5 Å². The average Bonchev–Trinajstić information content (AvgIpc) is 3.71. The van der Waals surface area contributed by atoms with Crippen molar-refractivity contribution in [1.82, 2.24) is 24.1 Å². The van der Waals surface area contributed by atoms with Crippen LogP contribution in [0.15, 0.2) is 35.1 Å². The van der Waals surface area contributed by atoms with Crippen molar-refractivity contribution in [2.45, 2.75) is 44.8 Å². The molecule has 4 heterocycles. The molecule has 3 aliphatic rings. The fourth-order valence-corrected chi connectivity index (χ4v) is 5.48. The number of carbonyl (C=O) groups excluding carboxylic acids is 2. The van der Waals surface area contributed by atoms with Gasteiger partial charge < -0.3 is 24.4 Å². The second kappa shape index (κ2) is 10.9. The van der Waals surface area contributed by atoms with Crippen molar-refractivity contribution in [2.75, 3.05) is 49.6 Å². The van der Waals surface area contributed by atoms with Crippen LogP contribution >= 0.6 is 0 Å². The average molecular weight is 586 g/mol. The first-order chi connectivity index (χ1) is 20.1. The smallest absolute Gasteiger partial charge is 0.377 e. The van der Waals surface area contributed by atoms with Gasteiger partial charge in [-0.1, -0.05) is 6.08 Å². The zero-order chi connectivity index (χ0) is 29.6. The molecule has 1 saturated heterocycles. The number of benzene rings is 1. The summed E-state index contributed by atoms with van der Waals surface area (Å²) in [6.45, 7) is 4.01. The number of amides is 2. The third-order valence-electron chi connectivity index (χ3n) is 7.81. The van der Waals surface area contributed by atoms with Gasteiger partial charge in [-0.2, -0.15) is 22.7 Å². The predicted molar refractivity (Wildman–Crippen MR) is 147 cm³/mol. The molecule has 2 aromatic heterocycles. The fourth-order valence-electron chi connectivity index (χ4n) is 5.48. The van der Waals surface area contributed by atoms with E-state index in [1.54, 1.807) is 9.47 Å². The maximum atomic E-state index is 14.0. The normalized spacial score (nSPS) is 17.9. The summed E-state index contributed by atoms with van der Waals surface area (Å²) >= 11 is 0. The van der Waals surface area contributed by atoms with Gasteiger partial charge in [0.15, 0.2) is 5.82 Å². The molecule has 0 radical (unpaired) electrons. The Balaban J connectivity index is 1.41. The van der Waals surface area contributed by atoms with E-state index in [1.807, 2.05) is 11.0 Å². The third kappa shape index (κ3) is 5.50. The number of piperazine rings is 1. The summed E-state index contributed by atoms with van der Waals surface area (Å²) in [5.74, 6) is 0.121. The molecule has 1 N–H and O–H groups in total. The van der Waals surface area contributed by atoms with Crippen LogP contribution in [0.3, 0.4) is 0 Å².